The first kappa shape index (κ1) is 31.9. The summed E-state index contributed by atoms with van der Waals surface area (Å²) in [5.74, 6) is -0.146. The van der Waals surface area contributed by atoms with Crippen LogP contribution in [0.1, 0.15) is 20.7 Å². The molecule has 0 aliphatic rings. The largest absolute Gasteiger partial charge is 0.495 e. The molecule has 0 radical (unpaired) electrons. The third-order valence-corrected chi connectivity index (χ3v) is 8.18. The van der Waals surface area contributed by atoms with Gasteiger partial charge in [-0.05, 0) is 71.8 Å². The predicted molar refractivity (Wildman–Crippen MR) is 175 cm³/mol. The highest BCUT2D eigenvalue weighted by molar-refractivity contribution is 7.92. The van der Waals surface area contributed by atoms with Gasteiger partial charge < -0.3 is 25.2 Å². The SMILES string of the molecule is COc1ccc(-c2cccc(C(=O)N(C)C)c2)cc1S(=O)(=O)Nc1cccc(NCCNC(=O)c2cccc(N(C)C)c2)c1. The highest BCUT2D eigenvalue weighted by Gasteiger charge is 2.21. The zero-order chi connectivity index (χ0) is 31.9. The molecule has 4 rings (SSSR count). The number of anilines is 3. The minimum atomic E-state index is -4.06. The Kier molecular flexibility index (Phi) is 10.1. The third kappa shape index (κ3) is 7.87. The van der Waals surface area contributed by atoms with Crippen LogP contribution >= 0.6 is 0 Å². The number of sulfonamides is 1. The molecule has 0 heterocycles. The van der Waals surface area contributed by atoms with E-state index >= 15 is 0 Å². The van der Waals surface area contributed by atoms with E-state index in [0.717, 1.165) is 5.69 Å². The van der Waals surface area contributed by atoms with E-state index in [-0.39, 0.29) is 22.5 Å². The minimum Gasteiger partial charge on any atom is -0.495 e. The van der Waals surface area contributed by atoms with Crippen molar-refractivity contribution in [2.45, 2.75) is 4.90 Å². The highest BCUT2D eigenvalue weighted by Crippen LogP contribution is 2.32. The van der Waals surface area contributed by atoms with Gasteiger partial charge in [0.05, 0.1) is 12.8 Å². The van der Waals surface area contributed by atoms with E-state index in [1.165, 1.54) is 18.1 Å². The number of nitrogens with zero attached hydrogens (tertiary/aromatic N) is 2. The van der Waals surface area contributed by atoms with Crippen molar-refractivity contribution in [3.63, 3.8) is 0 Å². The molecule has 0 aliphatic carbocycles. The molecule has 4 aromatic carbocycles. The summed E-state index contributed by atoms with van der Waals surface area (Å²) in [5.41, 5.74) is 4.34. The molecule has 230 valence electrons. The van der Waals surface area contributed by atoms with Crippen molar-refractivity contribution >= 4 is 38.9 Å². The second-order valence-electron chi connectivity index (χ2n) is 10.5. The minimum absolute atomic E-state index is 0.0405. The molecule has 0 unspecified atom stereocenters. The van der Waals surface area contributed by atoms with Gasteiger partial charge in [-0.25, -0.2) is 8.42 Å². The van der Waals surface area contributed by atoms with Crippen molar-refractivity contribution in [2.75, 3.05) is 63.3 Å². The van der Waals surface area contributed by atoms with Crippen LogP contribution in [0, 0.1) is 0 Å². The first-order chi connectivity index (χ1) is 21.0. The van der Waals surface area contributed by atoms with E-state index in [9.17, 15) is 18.0 Å². The van der Waals surface area contributed by atoms with Crippen LogP contribution in [0.15, 0.2) is 95.9 Å². The number of methoxy groups -OCH3 is 1. The van der Waals surface area contributed by atoms with Crippen molar-refractivity contribution in [3.05, 3.63) is 102 Å². The van der Waals surface area contributed by atoms with Gasteiger partial charge in [0.25, 0.3) is 21.8 Å². The summed E-state index contributed by atoms with van der Waals surface area (Å²) in [4.78, 5) is 28.4. The van der Waals surface area contributed by atoms with Crippen LogP contribution in [0.2, 0.25) is 0 Å². The van der Waals surface area contributed by atoms with E-state index in [1.54, 1.807) is 68.7 Å². The van der Waals surface area contributed by atoms with Gasteiger partial charge in [0.1, 0.15) is 10.6 Å². The quantitative estimate of drug-likeness (QED) is 0.196. The summed E-state index contributed by atoms with van der Waals surface area (Å²) in [5, 5.41) is 6.10. The van der Waals surface area contributed by atoms with Gasteiger partial charge in [-0.3, -0.25) is 14.3 Å². The number of carbonyl (C=O) groups is 2. The maximum absolute atomic E-state index is 13.6. The Morgan fingerprint density at radius 1 is 0.750 bits per heavy atom. The topological polar surface area (TPSA) is 120 Å². The molecule has 2 amide bonds. The zero-order valence-corrected chi connectivity index (χ0v) is 26.2. The Morgan fingerprint density at radius 3 is 2.16 bits per heavy atom. The number of benzene rings is 4. The monoisotopic (exact) mass is 615 g/mol. The van der Waals surface area contributed by atoms with E-state index in [0.29, 0.717) is 46.7 Å². The fourth-order valence-corrected chi connectivity index (χ4v) is 5.71. The van der Waals surface area contributed by atoms with E-state index < -0.39 is 10.0 Å². The summed E-state index contributed by atoms with van der Waals surface area (Å²) in [6.07, 6.45) is 0. The summed E-state index contributed by atoms with van der Waals surface area (Å²) in [6.45, 7) is 0.798. The van der Waals surface area contributed by atoms with Gasteiger partial charge in [-0.2, -0.15) is 0 Å². The van der Waals surface area contributed by atoms with Gasteiger partial charge >= 0.3 is 0 Å². The van der Waals surface area contributed by atoms with Crippen molar-refractivity contribution in [1.29, 1.82) is 0 Å². The lowest BCUT2D eigenvalue weighted by Crippen LogP contribution is -2.28. The molecule has 0 saturated carbocycles. The first-order valence-corrected chi connectivity index (χ1v) is 15.4. The van der Waals surface area contributed by atoms with E-state index in [1.807, 2.05) is 49.3 Å². The molecule has 10 nitrogen and oxygen atoms in total. The standard InChI is InChI=1S/C33H37N5O5S/c1-37(2)29-14-7-10-25(20-29)32(39)35-18-17-34-27-12-8-13-28(22-27)36-44(41,42)31-21-24(15-16-30(31)43-5)23-9-6-11-26(19-23)33(40)38(3)4/h6-16,19-22,34,36H,17-18H2,1-5H3,(H,35,39). The number of ether oxygens (including phenoxy) is 1. The Hall–Kier alpha value is -5.03. The van der Waals surface area contributed by atoms with Crippen LogP contribution in [0.4, 0.5) is 17.1 Å². The van der Waals surface area contributed by atoms with Gasteiger partial charge in [0.2, 0.25) is 0 Å². The van der Waals surface area contributed by atoms with E-state index in [2.05, 4.69) is 15.4 Å². The molecular formula is C33H37N5O5S. The van der Waals surface area contributed by atoms with Gasteiger partial charge in [-0.15, -0.1) is 0 Å². The van der Waals surface area contributed by atoms with Crippen molar-refractivity contribution in [2.24, 2.45) is 0 Å². The normalized spacial score (nSPS) is 10.9. The fourth-order valence-electron chi connectivity index (χ4n) is 4.47. The van der Waals surface area contributed by atoms with Crippen molar-refractivity contribution in [3.8, 4) is 16.9 Å². The Labute approximate surface area is 258 Å². The molecule has 0 bridgehead atoms. The maximum Gasteiger partial charge on any atom is 0.265 e. The average molecular weight is 616 g/mol. The van der Waals surface area contributed by atoms with Crippen molar-refractivity contribution < 1.29 is 22.7 Å². The van der Waals surface area contributed by atoms with Gasteiger partial charge in [-0.1, -0.05) is 30.3 Å². The molecular weight excluding hydrogens is 578 g/mol. The van der Waals surface area contributed by atoms with Crippen LogP contribution < -0.4 is 25.0 Å². The van der Waals surface area contributed by atoms with E-state index in [4.69, 9.17) is 4.74 Å². The molecule has 0 saturated heterocycles. The summed E-state index contributed by atoms with van der Waals surface area (Å²) in [6, 6.07) is 26.1. The summed E-state index contributed by atoms with van der Waals surface area (Å²) in [7, 11) is 4.53. The van der Waals surface area contributed by atoms with Crippen LogP contribution in [0.25, 0.3) is 11.1 Å². The number of amides is 2. The van der Waals surface area contributed by atoms with Crippen LogP contribution in [0.3, 0.4) is 0 Å². The second-order valence-corrected chi connectivity index (χ2v) is 12.1. The lowest BCUT2D eigenvalue weighted by Gasteiger charge is -2.15. The number of hydrogen-bond acceptors (Lipinski definition) is 7. The van der Waals surface area contributed by atoms with Crippen LogP contribution in [0.5, 0.6) is 5.75 Å². The molecule has 44 heavy (non-hydrogen) atoms. The Balaban J connectivity index is 1.44. The fraction of sp³-hybridized carbons (Fsp3) is 0.212. The molecule has 0 atom stereocenters. The predicted octanol–water partition coefficient (Wildman–Crippen LogP) is 4.77. The zero-order valence-electron chi connectivity index (χ0n) is 25.4. The Bertz CT molecular complexity index is 1760. The molecule has 0 fully saturated rings. The van der Waals surface area contributed by atoms with Crippen molar-refractivity contribution in [1.82, 2.24) is 10.2 Å². The first-order valence-electron chi connectivity index (χ1n) is 13.9. The number of nitrogens with one attached hydrogen (secondary N) is 3. The summed E-state index contributed by atoms with van der Waals surface area (Å²) < 4.78 is 35.1. The Morgan fingerprint density at radius 2 is 1.43 bits per heavy atom. The molecule has 11 heteroatoms. The summed E-state index contributed by atoms with van der Waals surface area (Å²) >= 11 is 0. The lowest BCUT2D eigenvalue weighted by molar-refractivity contribution is 0.0827. The third-order valence-electron chi connectivity index (χ3n) is 6.78. The molecule has 0 aliphatic heterocycles. The second kappa shape index (κ2) is 14.0. The van der Waals surface area contributed by atoms with Crippen LogP contribution in [-0.2, 0) is 10.0 Å². The number of hydrogen-bond donors (Lipinski definition) is 3. The molecule has 0 aromatic heterocycles. The highest BCUT2D eigenvalue weighted by atomic mass is 32.2. The van der Waals surface area contributed by atoms with Gasteiger partial charge in [0, 0.05) is 63.8 Å². The number of carbonyl (C=O) groups excluding carboxylic acids is 2. The molecule has 4 aromatic rings. The molecule has 0 spiro atoms. The maximum atomic E-state index is 13.6. The van der Waals surface area contributed by atoms with Crippen LogP contribution in [-0.4, -0.2) is 73.5 Å². The number of rotatable bonds is 12. The molecule has 3 N–H and O–H groups in total. The lowest BCUT2D eigenvalue weighted by atomic mass is 10.0. The van der Waals surface area contributed by atoms with Gasteiger partial charge in [0.15, 0.2) is 0 Å². The average Bonchev–Trinajstić information content (AvgIpc) is 3.02. The smallest absolute Gasteiger partial charge is 0.265 e.